The molecule has 1 aliphatic rings. The standard InChI is InChI=1S/C10H9ClS3/c1-2-13-10(12)9-6-5-14-8(9)4-3-7(6)11/h3-4H,2,5H2,1H3. The molecule has 0 spiro atoms. The molecule has 0 saturated carbocycles. The van der Waals surface area contributed by atoms with Gasteiger partial charge in [-0.1, -0.05) is 30.7 Å². The van der Waals surface area contributed by atoms with E-state index >= 15 is 0 Å². The van der Waals surface area contributed by atoms with Gasteiger partial charge in [0.15, 0.2) is 0 Å². The average Bonchev–Trinajstić information content (AvgIpc) is 2.50. The molecular weight excluding hydrogens is 252 g/mol. The highest BCUT2D eigenvalue weighted by molar-refractivity contribution is 8.23. The quantitative estimate of drug-likeness (QED) is 0.725. The molecular formula is C10H9ClS3. The summed E-state index contributed by atoms with van der Waals surface area (Å²) in [5, 5.41) is 0.854. The summed E-state index contributed by atoms with van der Waals surface area (Å²) in [7, 11) is 0. The molecule has 0 radical (unpaired) electrons. The molecule has 1 aromatic rings. The van der Waals surface area contributed by atoms with Crippen LogP contribution in [0.5, 0.6) is 0 Å². The first-order chi connectivity index (χ1) is 6.74. The number of thioether (sulfide) groups is 2. The molecule has 4 heteroatoms. The third kappa shape index (κ3) is 1.83. The summed E-state index contributed by atoms with van der Waals surface area (Å²) in [6.07, 6.45) is 0. The van der Waals surface area contributed by atoms with Crippen molar-refractivity contribution in [2.24, 2.45) is 0 Å². The fraction of sp³-hybridized carbons (Fsp3) is 0.300. The topological polar surface area (TPSA) is 0 Å². The minimum Gasteiger partial charge on any atom is -0.121 e. The van der Waals surface area contributed by atoms with E-state index < -0.39 is 0 Å². The summed E-state index contributed by atoms with van der Waals surface area (Å²) >= 11 is 15.1. The van der Waals surface area contributed by atoms with Crippen LogP contribution in [-0.4, -0.2) is 9.95 Å². The second kappa shape index (κ2) is 4.44. The van der Waals surface area contributed by atoms with Crippen LogP contribution in [0.3, 0.4) is 0 Å². The molecule has 1 heterocycles. The highest BCUT2D eigenvalue weighted by atomic mass is 35.5. The maximum Gasteiger partial charge on any atom is 0.0793 e. The van der Waals surface area contributed by atoms with Gasteiger partial charge in [0.2, 0.25) is 0 Å². The SMILES string of the molecule is CCSC(=S)c1c2ccc(Cl)c1CS2. The summed E-state index contributed by atoms with van der Waals surface area (Å²) in [6, 6.07) is 4.04. The number of fused-ring (bicyclic) bond motifs is 2. The van der Waals surface area contributed by atoms with Crippen LogP contribution in [0.4, 0.5) is 0 Å². The summed E-state index contributed by atoms with van der Waals surface area (Å²) in [5.41, 5.74) is 2.43. The fourth-order valence-electron chi connectivity index (χ4n) is 1.44. The van der Waals surface area contributed by atoms with Gasteiger partial charge in [0, 0.05) is 21.2 Å². The zero-order valence-electron chi connectivity index (χ0n) is 7.67. The van der Waals surface area contributed by atoms with Gasteiger partial charge < -0.3 is 0 Å². The second-order valence-corrected chi connectivity index (χ2v) is 6.27. The van der Waals surface area contributed by atoms with Crippen LogP contribution in [0.2, 0.25) is 5.02 Å². The first kappa shape index (κ1) is 10.8. The third-order valence-corrected chi connectivity index (χ3v) is 4.82. The monoisotopic (exact) mass is 260 g/mol. The summed E-state index contributed by atoms with van der Waals surface area (Å²) < 4.78 is 0.991. The van der Waals surface area contributed by atoms with Gasteiger partial charge in [-0.25, -0.2) is 0 Å². The molecule has 0 saturated heterocycles. The molecule has 2 rings (SSSR count). The molecule has 0 nitrogen and oxygen atoms in total. The molecule has 2 bridgehead atoms. The molecule has 0 N–H and O–H groups in total. The van der Waals surface area contributed by atoms with Gasteiger partial charge in [0.05, 0.1) is 4.20 Å². The molecule has 1 aliphatic heterocycles. The van der Waals surface area contributed by atoms with Gasteiger partial charge >= 0.3 is 0 Å². The molecule has 0 aromatic heterocycles. The van der Waals surface area contributed by atoms with Gasteiger partial charge in [0.1, 0.15) is 0 Å². The minimum atomic E-state index is 0.854. The van der Waals surface area contributed by atoms with E-state index in [0.29, 0.717) is 0 Å². The number of hydrogen-bond acceptors (Lipinski definition) is 3. The Bertz CT molecular complexity index is 387. The lowest BCUT2D eigenvalue weighted by Crippen LogP contribution is -1.96. The van der Waals surface area contributed by atoms with E-state index in [1.807, 2.05) is 17.8 Å². The lowest BCUT2D eigenvalue weighted by molar-refractivity contribution is 1.39. The van der Waals surface area contributed by atoms with Crippen molar-refractivity contribution in [3.05, 3.63) is 28.3 Å². The Morgan fingerprint density at radius 2 is 2.43 bits per heavy atom. The number of halogens is 1. The van der Waals surface area contributed by atoms with E-state index in [1.54, 1.807) is 11.8 Å². The van der Waals surface area contributed by atoms with Crippen LogP contribution >= 0.6 is 47.3 Å². The predicted octanol–water partition coefficient (Wildman–Crippen LogP) is 4.37. The van der Waals surface area contributed by atoms with E-state index in [9.17, 15) is 0 Å². The van der Waals surface area contributed by atoms with Crippen LogP contribution in [0.25, 0.3) is 0 Å². The van der Waals surface area contributed by atoms with Crippen LogP contribution in [0, 0.1) is 0 Å². The number of benzene rings is 1. The predicted molar refractivity (Wildman–Crippen MR) is 70.8 cm³/mol. The van der Waals surface area contributed by atoms with Crippen LogP contribution in [0.1, 0.15) is 18.1 Å². The molecule has 74 valence electrons. The number of rotatable bonds is 2. The number of hydrogen-bond donors (Lipinski definition) is 0. The Morgan fingerprint density at radius 1 is 1.64 bits per heavy atom. The van der Waals surface area contributed by atoms with Crippen LogP contribution in [-0.2, 0) is 5.75 Å². The molecule has 0 aliphatic carbocycles. The van der Waals surface area contributed by atoms with Gasteiger partial charge in [-0.15, -0.1) is 23.5 Å². The van der Waals surface area contributed by atoms with Crippen LogP contribution in [0.15, 0.2) is 17.0 Å². The Balaban J connectivity index is 2.44. The zero-order chi connectivity index (χ0) is 10.1. The van der Waals surface area contributed by atoms with Crippen molar-refractivity contribution in [3.8, 4) is 0 Å². The summed E-state index contributed by atoms with van der Waals surface area (Å²) in [4.78, 5) is 1.29. The van der Waals surface area contributed by atoms with Crippen molar-refractivity contribution < 1.29 is 0 Å². The maximum absolute atomic E-state index is 6.12. The molecule has 0 fully saturated rings. The second-order valence-electron chi connectivity index (χ2n) is 2.91. The van der Waals surface area contributed by atoms with Crippen molar-refractivity contribution in [1.29, 1.82) is 0 Å². The number of thiocarbonyl (C=S) groups is 1. The van der Waals surface area contributed by atoms with Crippen molar-refractivity contribution in [2.45, 2.75) is 17.6 Å². The van der Waals surface area contributed by atoms with Gasteiger partial charge in [-0.3, -0.25) is 0 Å². The van der Waals surface area contributed by atoms with E-state index in [1.165, 1.54) is 16.0 Å². The molecule has 14 heavy (non-hydrogen) atoms. The third-order valence-electron chi connectivity index (χ3n) is 2.07. The lowest BCUT2D eigenvalue weighted by atomic mass is 10.1. The average molecular weight is 261 g/mol. The van der Waals surface area contributed by atoms with Gasteiger partial charge in [-0.2, -0.15) is 0 Å². The minimum absolute atomic E-state index is 0.854. The lowest BCUT2D eigenvalue weighted by Gasteiger charge is -2.06. The smallest absolute Gasteiger partial charge is 0.0793 e. The van der Waals surface area contributed by atoms with E-state index in [0.717, 1.165) is 20.7 Å². The molecule has 0 amide bonds. The van der Waals surface area contributed by atoms with Gasteiger partial charge in [0.25, 0.3) is 0 Å². The van der Waals surface area contributed by atoms with Crippen molar-refractivity contribution in [2.75, 3.05) is 5.75 Å². The highest BCUT2D eigenvalue weighted by Crippen LogP contribution is 2.42. The highest BCUT2D eigenvalue weighted by Gasteiger charge is 2.22. The van der Waals surface area contributed by atoms with E-state index in [2.05, 4.69) is 13.0 Å². The fourth-order valence-corrected chi connectivity index (χ4v) is 4.23. The first-order valence-electron chi connectivity index (χ1n) is 4.35. The van der Waals surface area contributed by atoms with Crippen molar-refractivity contribution in [3.63, 3.8) is 0 Å². The van der Waals surface area contributed by atoms with E-state index in [-0.39, 0.29) is 0 Å². The van der Waals surface area contributed by atoms with Gasteiger partial charge in [-0.05, 0) is 23.4 Å². The molecule has 0 unspecified atom stereocenters. The molecule has 0 atom stereocenters. The summed E-state index contributed by atoms with van der Waals surface area (Å²) in [5.74, 6) is 2.00. The Hall–Kier alpha value is 0.300. The van der Waals surface area contributed by atoms with E-state index in [4.69, 9.17) is 23.8 Å². The maximum atomic E-state index is 6.12. The largest absolute Gasteiger partial charge is 0.121 e. The Kier molecular flexibility index (Phi) is 3.42. The Morgan fingerprint density at radius 3 is 3.14 bits per heavy atom. The Labute approximate surface area is 103 Å². The zero-order valence-corrected chi connectivity index (χ0v) is 10.9. The van der Waals surface area contributed by atoms with Crippen molar-refractivity contribution in [1.82, 2.24) is 0 Å². The van der Waals surface area contributed by atoms with Crippen LogP contribution < -0.4 is 0 Å². The normalized spacial score (nSPS) is 13.3. The summed E-state index contributed by atoms with van der Waals surface area (Å²) in [6.45, 7) is 2.12. The molecule has 1 aromatic carbocycles. The van der Waals surface area contributed by atoms with Crippen molar-refractivity contribution >= 4 is 51.5 Å². The first-order valence-corrected chi connectivity index (χ1v) is 7.11.